The first-order chi connectivity index (χ1) is 7.69. The van der Waals surface area contributed by atoms with Gasteiger partial charge >= 0.3 is 12.0 Å². The lowest BCUT2D eigenvalue weighted by Crippen LogP contribution is -2.09. The Bertz CT molecular complexity index is 314. The number of halogens is 1. The maximum atomic E-state index is 6.12. The van der Waals surface area contributed by atoms with E-state index in [4.69, 9.17) is 21.1 Å². The maximum absolute atomic E-state index is 6.12. The Balaban J connectivity index is 2.78. The zero-order valence-electron chi connectivity index (χ0n) is 9.73. The molecular formula is C10H16ClN3O2. The van der Waals surface area contributed by atoms with Crippen LogP contribution in [0, 0.1) is 0 Å². The minimum absolute atomic E-state index is 0.0295. The van der Waals surface area contributed by atoms with Crippen molar-refractivity contribution in [3.8, 4) is 12.0 Å². The van der Waals surface area contributed by atoms with Gasteiger partial charge in [0.15, 0.2) is 0 Å². The minimum Gasteiger partial charge on any atom is -0.467 e. The Labute approximate surface area is 100 Å². The molecule has 0 aliphatic heterocycles. The van der Waals surface area contributed by atoms with Gasteiger partial charge in [0, 0.05) is 11.8 Å². The molecule has 0 saturated carbocycles. The molecule has 5 nitrogen and oxygen atoms in total. The molecule has 6 heteroatoms. The van der Waals surface area contributed by atoms with Crippen LogP contribution in [0.3, 0.4) is 0 Å². The Hall–Kier alpha value is -1.10. The Morgan fingerprint density at radius 1 is 1.12 bits per heavy atom. The second-order valence-electron chi connectivity index (χ2n) is 3.32. The molecule has 0 amide bonds. The molecular weight excluding hydrogens is 230 g/mol. The van der Waals surface area contributed by atoms with E-state index >= 15 is 0 Å². The summed E-state index contributed by atoms with van der Waals surface area (Å²) in [6, 6.07) is 0.504. The van der Waals surface area contributed by atoms with Crippen molar-refractivity contribution in [3.05, 3.63) is 5.82 Å². The van der Waals surface area contributed by atoms with Crippen molar-refractivity contribution in [1.82, 2.24) is 15.0 Å². The van der Waals surface area contributed by atoms with Gasteiger partial charge in [-0.05, 0) is 6.42 Å². The van der Waals surface area contributed by atoms with Gasteiger partial charge in [0.1, 0.15) is 5.82 Å². The Morgan fingerprint density at radius 3 is 2.12 bits per heavy atom. The molecule has 1 atom stereocenters. The summed E-state index contributed by atoms with van der Waals surface area (Å²) in [6.45, 7) is 2.09. The van der Waals surface area contributed by atoms with Gasteiger partial charge < -0.3 is 9.47 Å². The summed E-state index contributed by atoms with van der Waals surface area (Å²) in [5, 5.41) is 0.0295. The number of ether oxygens (including phenoxy) is 2. The number of nitrogens with zero attached hydrogens (tertiary/aromatic N) is 3. The van der Waals surface area contributed by atoms with E-state index in [9.17, 15) is 0 Å². The molecule has 1 heterocycles. The van der Waals surface area contributed by atoms with Gasteiger partial charge in [-0.2, -0.15) is 9.97 Å². The van der Waals surface area contributed by atoms with Crippen molar-refractivity contribution < 1.29 is 9.47 Å². The van der Waals surface area contributed by atoms with Crippen molar-refractivity contribution in [2.24, 2.45) is 0 Å². The topological polar surface area (TPSA) is 57.1 Å². The highest BCUT2D eigenvalue weighted by Crippen LogP contribution is 2.14. The molecule has 1 aromatic heterocycles. The highest BCUT2D eigenvalue weighted by Gasteiger charge is 2.11. The molecule has 0 N–H and O–H groups in total. The van der Waals surface area contributed by atoms with E-state index in [-0.39, 0.29) is 17.4 Å². The normalized spacial score (nSPS) is 12.2. The molecule has 1 unspecified atom stereocenters. The lowest BCUT2D eigenvalue weighted by molar-refractivity contribution is 0.336. The molecule has 0 bridgehead atoms. The first-order valence-corrected chi connectivity index (χ1v) is 5.60. The van der Waals surface area contributed by atoms with Crippen LogP contribution in [0.1, 0.15) is 25.6 Å². The molecule has 0 aromatic carbocycles. The van der Waals surface area contributed by atoms with E-state index < -0.39 is 0 Å². The van der Waals surface area contributed by atoms with Crippen LogP contribution >= 0.6 is 11.6 Å². The van der Waals surface area contributed by atoms with E-state index in [0.717, 1.165) is 12.8 Å². The van der Waals surface area contributed by atoms with Crippen molar-refractivity contribution in [1.29, 1.82) is 0 Å². The third kappa shape index (κ3) is 3.81. The summed E-state index contributed by atoms with van der Waals surface area (Å²) >= 11 is 6.12. The van der Waals surface area contributed by atoms with Crippen LogP contribution in [0.15, 0.2) is 0 Å². The summed E-state index contributed by atoms with van der Waals surface area (Å²) in [7, 11) is 3.01. The van der Waals surface area contributed by atoms with Gasteiger partial charge in [-0.1, -0.05) is 13.3 Å². The smallest absolute Gasteiger partial charge is 0.322 e. The molecule has 0 saturated heterocycles. The lowest BCUT2D eigenvalue weighted by Gasteiger charge is -2.08. The summed E-state index contributed by atoms with van der Waals surface area (Å²) in [5.41, 5.74) is 0. The van der Waals surface area contributed by atoms with E-state index in [1.807, 2.05) is 0 Å². The predicted octanol–water partition coefficient (Wildman–Crippen LogP) is 1.84. The number of hydrogen-bond donors (Lipinski definition) is 0. The van der Waals surface area contributed by atoms with Crippen LogP contribution in [0.5, 0.6) is 12.0 Å². The number of hydrogen-bond acceptors (Lipinski definition) is 5. The summed E-state index contributed by atoms with van der Waals surface area (Å²) in [6.07, 6.45) is 2.55. The quantitative estimate of drug-likeness (QED) is 0.716. The number of aromatic nitrogens is 3. The number of alkyl halides is 1. The van der Waals surface area contributed by atoms with Crippen LogP contribution in [0.4, 0.5) is 0 Å². The van der Waals surface area contributed by atoms with Crippen molar-refractivity contribution >= 4 is 11.6 Å². The Morgan fingerprint density at radius 2 is 1.69 bits per heavy atom. The average molecular weight is 246 g/mol. The highest BCUT2D eigenvalue weighted by atomic mass is 35.5. The van der Waals surface area contributed by atoms with Crippen molar-refractivity contribution in [2.45, 2.75) is 31.6 Å². The fraction of sp³-hybridized carbons (Fsp3) is 0.700. The van der Waals surface area contributed by atoms with Crippen LogP contribution in [0.25, 0.3) is 0 Å². The largest absolute Gasteiger partial charge is 0.467 e. The standard InChI is InChI=1S/C10H16ClN3O2/c1-4-5-7(11)6-8-12-9(15-2)14-10(13-8)16-3/h7H,4-6H2,1-3H3. The van der Waals surface area contributed by atoms with Crippen molar-refractivity contribution in [3.63, 3.8) is 0 Å². The van der Waals surface area contributed by atoms with E-state index in [1.54, 1.807) is 0 Å². The van der Waals surface area contributed by atoms with Crippen LogP contribution < -0.4 is 9.47 Å². The molecule has 1 aromatic rings. The van der Waals surface area contributed by atoms with Crippen LogP contribution in [0.2, 0.25) is 0 Å². The van der Waals surface area contributed by atoms with Gasteiger partial charge in [-0.15, -0.1) is 16.6 Å². The number of methoxy groups -OCH3 is 2. The van der Waals surface area contributed by atoms with Crippen LogP contribution in [-0.2, 0) is 6.42 Å². The van der Waals surface area contributed by atoms with Gasteiger partial charge in [0.2, 0.25) is 0 Å². The summed E-state index contributed by atoms with van der Waals surface area (Å²) in [5.74, 6) is 0.595. The maximum Gasteiger partial charge on any atom is 0.322 e. The summed E-state index contributed by atoms with van der Waals surface area (Å²) < 4.78 is 9.91. The van der Waals surface area contributed by atoms with Gasteiger partial charge in [0.25, 0.3) is 0 Å². The fourth-order valence-electron chi connectivity index (χ4n) is 1.26. The summed E-state index contributed by atoms with van der Waals surface area (Å²) in [4.78, 5) is 12.1. The third-order valence-corrected chi connectivity index (χ3v) is 2.38. The second kappa shape index (κ2) is 6.48. The zero-order chi connectivity index (χ0) is 12.0. The highest BCUT2D eigenvalue weighted by molar-refractivity contribution is 6.20. The SMILES string of the molecule is CCCC(Cl)Cc1nc(OC)nc(OC)n1. The average Bonchev–Trinajstić information content (AvgIpc) is 2.28. The first-order valence-electron chi connectivity index (χ1n) is 5.16. The molecule has 16 heavy (non-hydrogen) atoms. The van der Waals surface area contributed by atoms with Crippen LogP contribution in [-0.4, -0.2) is 34.5 Å². The Kier molecular flexibility index (Phi) is 5.25. The zero-order valence-corrected chi connectivity index (χ0v) is 10.5. The fourth-order valence-corrected chi connectivity index (χ4v) is 1.62. The third-order valence-electron chi connectivity index (χ3n) is 2.01. The van der Waals surface area contributed by atoms with Gasteiger partial charge in [-0.3, -0.25) is 0 Å². The molecule has 1 rings (SSSR count). The molecule has 0 aliphatic rings. The minimum atomic E-state index is 0.0295. The molecule has 0 spiro atoms. The molecule has 90 valence electrons. The van der Waals surface area contributed by atoms with E-state index in [2.05, 4.69) is 21.9 Å². The first kappa shape index (κ1) is 13.0. The van der Waals surface area contributed by atoms with Crippen molar-refractivity contribution in [2.75, 3.05) is 14.2 Å². The number of rotatable bonds is 6. The molecule has 0 aliphatic carbocycles. The predicted molar refractivity (Wildman–Crippen MR) is 61.2 cm³/mol. The monoisotopic (exact) mass is 245 g/mol. The van der Waals surface area contributed by atoms with Gasteiger partial charge in [0.05, 0.1) is 14.2 Å². The molecule has 0 radical (unpaired) electrons. The molecule has 0 fully saturated rings. The van der Waals surface area contributed by atoms with Gasteiger partial charge in [-0.25, -0.2) is 0 Å². The van der Waals surface area contributed by atoms with E-state index in [1.165, 1.54) is 14.2 Å². The lowest BCUT2D eigenvalue weighted by atomic mass is 10.2. The second-order valence-corrected chi connectivity index (χ2v) is 3.93. The van der Waals surface area contributed by atoms with E-state index in [0.29, 0.717) is 12.2 Å².